The number of ether oxygens (including phenoxy) is 1. The summed E-state index contributed by atoms with van der Waals surface area (Å²) in [6.07, 6.45) is 5.66. The van der Waals surface area contributed by atoms with E-state index in [0.717, 1.165) is 38.6 Å². The van der Waals surface area contributed by atoms with Crippen LogP contribution in [0.3, 0.4) is 0 Å². The Morgan fingerprint density at radius 1 is 1.28 bits per heavy atom. The number of carboxylic acids is 1. The normalized spacial score (nSPS) is 40.9. The molecule has 2 rings (SSSR count). The van der Waals surface area contributed by atoms with E-state index in [0.29, 0.717) is 24.2 Å². The Hall–Kier alpha value is -0.610. The predicted octanol–water partition coefficient (Wildman–Crippen LogP) is 2.03. The summed E-state index contributed by atoms with van der Waals surface area (Å²) in [4.78, 5) is 11.1. The Bertz CT molecular complexity index is 285. The number of nitrogens with one attached hydrogen (secondary N) is 1. The Kier molecular flexibility index (Phi) is 4.62. The summed E-state index contributed by atoms with van der Waals surface area (Å²) in [6, 6.07) is 0.485. The summed E-state index contributed by atoms with van der Waals surface area (Å²) in [5, 5.41) is 12.7. The molecule has 4 atom stereocenters. The summed E-state index contributed by atoms with van der Waals surface area (Å²) in [6.45, 7) is 5.07. The third kappa shape index (κ3) is 3.45. The van der Waals surface area contributed by atoms with Gasteiger partial charge in [0.05, 0.1) is 18.1 Å². The molecule has 4 nitrogen and oxygen atoms in total. The number of rotatable bonds is 4. The average molecular weight is 255 g/mol. The zero-order valence-electron chi connectivity index (χ0n) is 11.4. The van der Waals surface area contributed by atoms with Gasteiger partial charge in [-0.2, -0.15) is 0 Å². The second-order valence-electron chi connectivity index (χ2n) is 5.97. The molecule has 104 valence electrons. The monoisotopic (exact) mass is 255 g/mol. The van der Waals surface area contributed by atoms with Crippen molar-refractivity contribution in [3.8, 4) is 0 Å². The van der Waals surface area contributed by atoms with Crippen LogP contribution in [-0.2, 0) is 9.53 Å². The van der Waals surface area contributed by atoms with Crippen molar-refractivity contribution in [2.24, 2.45) is 11.8 Å². The molecule has 4 heteroatoms. The first-order chi connectivity index (χ1) is 8.56. The molecule has 0 aromatic heterocycles. The van der Waals surface area contributed by atoms with E-state index in [4.69, 9.17) is 9.84 Å². The molecule has 0 bridgehead atoms. The number of carboxylic acid groups (broad SMARTS) is 1. The van der Waals surface area contributed by atoms with Gasteiger partial charge in [-0.25, -0.2) is 0 Å². The maximum Gasteiger partial charge on any atom is 0.306 e. The third-order valence-electron chi connectivity index (χ3n) is 4.34. The van der Waals surface area contributed by atoms with Crippen molar-refractivity contribution in [3.63, 3.8) is 0 Å². The Labute approximate surface area is 109 Å². The fourth-order valence-corrected chi connectivity index (χ4v) is 3.50. The Morgan fingerprint density at radius 2 is 1.94 bits per heavy atom. The molecule has 4 unspecified atom stereocenters. The second-order valence-corrected chi connectivity index (χ2v) is 5.97. The minimum Gasteiger partial charge on any atom is -0.481 e. The van der Waals surface area contributed by atoms with Crippen molar-refractivity contribution < 1.29 is 14.6 Å². The molecule has 0 radical (unpaired) electrons. The molecule has 2 fully saturated rings. The van der Waals surface area contributed by atoms with Crippen molar-refractivity contribution >= 4 is 5.97 Å². The van der Waals surface area contributed by atoms with Gasteiger partial charge in [0.2, 0.25) is 0 Å². The molecular weight excluding hydrogens is 230 g/mol. The molecule has 0 amide bonds. The van der Waals surface area contributed by atoms with E-state index in [-0.39, 0.29) is 5.92 Å². The van der Waals surface area contributed by atoms with Crippen LogP contribution in [0, 0.1) is 11.8 Å². The van der Waals surface area contributed by atoms with Crippen LogP contribution >= 0.6 is 0 Å². The maximum atomic E-state index is 11.1. The molecule has 2 N–H and O–H groups in total. The van der Waals surface area contributed by atoms with Crippen LogP contribution in [0.4, 0.5) is 0 Å². The highest BCUT2D eigenvalue weighted by Crippen LogP contribution is 2.31. The van der Waals surface area contributed by atoms with Crippen molar-refractivity contribution in [1.82, 2.24) is 5.32 Å². The van der Waals surface area contributed by atoms with Gasteiger partial charge in [0.25, 0.3) is 0 Å². The van der Waals surface area contributed by atoms with E-state index < -0.39 is 5.97 Å². The van der Waals surface area contributed by atoms with E-state index in [9.17, 15) is 4.79 Å². The van der Waals surface area contributed by atoms with Crippen molar-refractivity contribution in [3.05, 3.63) is 0 Å². The van der Waals surface area contributed by atoms with Crippen LogP contribution in [0.1, 0.15) is 46.0 Å². The van der Waals surface area contributed by atoms with Gasteiger partial charge in [-0.3, -0.25) is 4.79 Å². The minimum atomic E-state index is -0.618. The fraction of sp³-hybridized carbons (Fsp3) is 0.929. The van der Waals surface area contributed by atoms with Crippen molar-refractivity contribution in [2.45, 2.75) is 64.2 Å². The van der Waals surface area contributed by atoms with Crippen LogP contribution in [0.25, 0.3) is 0 Å². The zero-order valence-corrected chi connectivity index (χ0v) is 11.4. The molecule has 1 heterocycles. The van der Waals surface area contributed by atoms with Crippen LogP contribution in [0.5, 0.6) is 0 Å². The van der Waals surface area contributed by atoms with Crippen LogP contribution in [0.15, 0.2) is 0 Å². The molecule has 2 aliphatic rings. The van der Waals surface area contributed by atoms with Gasteiger partial charge in [-0.15, -0.1) is 0 Å². The highest BCUT2D eigenvalue weighted by atomic mass is 16.5. The molecule has 18 heavy (non-hydrogen) atoms. The molecule has 1 aliphatic heterocycles. The van der Waals surface area contributed by atoms with Gasteiger partial charge in [-0.05, 0) is 52.0 Å². The Balaban J connectivity index is 1.78. The zero-order chi connectivity index (χ0) is 13.1. The number of hydrogen-bond donors (Lipinski definition) is 2. The van der Waals surface area contributed by atoms with Crippen LogP contribution < -0.4 is 5.32 Å². The van der Waals surface area contributed by atoms with Gasteiger partial charge < -0.3 is 15.2 Å². The van der Waals surface area contributed by atoms with E-state index in [1.54, 1.807) is 0 Å². The quantitative estimate of drug-likeness (QED) is 0.807. The minimum absolute atomic E-state index is 0.132. The first kappa shape index (κ1) is 13.8. The Morgan fingerprint density at radius 3 is 2.56 bits per heavy atom. The average Bonchev–Trinajstić information content (AvgIpc) is 2.73. The largest absolute Gasteiger partial charge is 0.481 e. The molecular formula is C14H25NO3. The topological polar surface area (TPSA) is 58.6 Å². The van der Waals surface area contributed by atoms with Crippen LogP contribution in [-0.4, -0.2) is 35.9 Å². The highest BCUT2D eigenvalue weighted by Gasteiger charge is 2.33. The summed E-state index contributed by atoms with van der Waals surface area (Å²) >= 11 is 0. The third-order valence-corrected chi connectivity index (χ3v) is 4.34. The van der Waals surface area contributed by atoms with Crippen LogP contribution in [0.2, 0.25) is 0 Å². The van der Waals surface area contributed by atoms with E-state index in [1.165, 1.54) is 0 Å². The van der Waals surface area contributed by atoms with Gasteiger partial charge in [0.15, 0.2) is 0 Å². The lowest BCUT2D eigenvalue weighted by molar-refractivity contribution is -0.142. The van der Waals surface area contributed by atoms with Gasteiger partial charge in [0.1, 0.15) is 0 Å². The summed E-state index contributed by atoms with van der Waals surface area (Å²) in [5.41, 5.74) is 0. The van der Waals surface area contributed by atoms with E-state index in [2.05, 4.69) is 19.2 Å². The standard InChI is InChI=1S/C14H25NO3/c1-9-6-12(7-10(2)18-9)15-8-11-4-3-5-13(11)14(16)17/h9-13,15H,3-8H2,1-2H3,(H,16,17). The van der Waals surface area contributed by atoms with Gasteiger partial charge in [-0.1, -0.05) is 6.42 Å². The molecule has 1 saturated carbocycles. The second kappa shape index (κ2) is 6.02. The lowest BCUT2D eigenvalue weighted by Crippen LogP contribution is -2.43. The molecule has 0 spiro atoms. The van der Waals surface area contributed by atoms with E-state index in [1.807, 2.05) is 0 Å². The lowest BCUT2D eigenvalue weighted by atomic mass is 9.94. The SMILES string of the molecule is CC1CC(NCC2CCCC2C(=O)O)CC(C)O1. The summed E-state index contributed by atoms with van der Waals surface area (Å²) < 4.78 is 5.71. The molecule has 0 aromatic carbocycles. The first-order valence-electron chi connectivity index (χ1n) is 7.18. The number of carbonyl (C=O) groups is 1. The van der Waals surface area contributed by atoms with Gasteiger partial charge in [0, 0.05) is 6.04 Å². The first-order valence-corrected chi connectivity index (χ1v) is 7.18. The van der Waals surface area contributed by atoms with E-state index >= 15 is 0 Å². The highest BCUT2D eigenvalue weighted by molar-refractivity contribution is 5.70. The summed E-state index contributed by atoms with van der Waals surface area (Å²) in [7, 11) is 0. The smallest absolute Gasteiger partial charge is 0.306 e. The molecule has 1 aliphatic carbocycles. The van der Waals surface area contributed by atoms with Gasteiger partial charge >= 0.3 is 5.97 Å². The van der Waals surface area contributed by atoms with Crippen molar-refractivity contribution in [2.75, 3.05) is 6.54 Å². The van der Waals surface area contributed by atoms with Crippen molar-refractivity contribution in [1.29, 1.82) is 0 Å². The molecule has 1 saturated heterocycles. The summed E-state index contributed by atoms with van der Waals surface area (Å²) in [5.74, 6) is -0.434. The fourth-order valence-electron chi connectivity index (χ4n) is 3.50. The number of hydrogen-bond acceptors (Lipinski definition) is 3. The predicted molar refractivity (Wildman–Crippen MR) is 69.5 cm³/mol. The molecule has 0 aromatic rings. The lowest BCUT2D eigenvalue weighted by Gasteiger charge is -2.33. The number of aliphatic carboxylic acids is 1. The maximum absolute atomic E-state index is 11.1.